The van der Waals surface area contributed by atoms with Gasteiger partial charge in [-0.15, -0.1) is 0 Å². The van der Waals surface area contributed by atoms with Crippen LogP contribution in [0, 0.1) is 17.2 Å². The van der Waals surface area contributed by atoms with Crippen LogP contribution in [0.3, 0.4) is 0 Å². The molecule has 2 heterocycles. The number of benzene rings is 2. The van der Waals surface area contributed by atoms with E-state index in [9.17, 15) is 5.26 Å². The lowest BCUT2D eigenvalue weighted by atomic mass is 9.93. The molecule has 2 aromatic rings. The molecule has 0 radical (unpaired) electrons. The zero-order chi connectivity index (χ0) is 24.8. The summed E-state index contributed by atoms with van der Waals surface area (Å²) in [6.45, 7) is 14.1. The van der Waals surface area contributed by atoms with Crippen LogP contribution in [0.25, 0.3) is 0 Å². The van der Waals surface area contributed by atoms with Gasteiger partial charge in [-0.05, 0) is 73.3 Å². The second-order valence-corrected chi connectivity index (χ2v) is 10.9. The van der Waals surface area contributed by atoms with Crippen LogP contribution in [0.5, 0.6) is 0 Å². The van der Waals surface area contributed by atoms with Crippen LogP contribution in [0.15, 0.2) is 42.5 Å². The van der Waals surface area contributed by atoms with E-state index in [0.29, 0.717) is 12.0 Å². The van der Waals surface area contributed by atoms with Crippen molar-refractivity contribution in [3.05, 3.63) is 64.2 Å². The van der Waals surface area contributed by atoms with E-state index in [1.807, 2.05) is 18.2 Å². The minimum Gasteiger partial charge on any atom is -0.373 e. The van der Waals surface area contributed by atoms with Crippen molar-refractivity contribution in [3.8, 4) is 6.07 Å². The van der Waals surface area contributed by atoms with Gasteiger partial charge in [-0.3, -0.25) is 9.80 Å². The first kappa shape index (κ1) is 26.0. The van der Waals surface area contributed by atoms with Crippen LogP contribution in [0.2, 0.25) is 5.02 Å². The van der Waals surface area contributed by atoms with E-state index in [1.54, 1.807) is 0 Å². The fourth-order valence-corrected chi connectivity index (χ4v) is 5.73. The van der Waals surface area contributed by atoms with Gasteiger partial charge in [0.05, 0.1) is 11.6 Å². The topological polar surface area (TPSA) is 36.8 Å². The second-order valence-electron chi connectivity index (χ2n) is 10.5. The van der Waals surface area contributed by atoms with Gasteiger partial charge in [0.2, 0.25) is 0 Å². The molecule has 188 valence electrons. The quantitative estimate of drug-likeness (QED) is 0.476. The molecule has 2 fully saturated rings. The number of nitrogens with zero attached hydrogens (tertiary/aromatic N) is 5. The second kappa shape index (κ2) is 12.2. The number of rotatable bonds is 9. The molecular weight excluding hydrogens is 454 g/mol. The molecule has 1 atom stereocenters. The van der Waals surface area contributed by atoms with Crippen LogP contribution < -0.4 is 4.90 Å². The molecular formula is C29H40ClN5. The lowest BCUT2D eigenvalue weighted by Gasteiger charge is -2.41. The molecule has 2 aliphatic rings. The van der Waals surface area contributed by atoms with Crippen molar-refractivity contribution < 1.29 is 0 Å². The Morgan fingerprint density at radius 3 is 2.26 bits per heavy atom. The molecule has 0 spiro atoms. The summed E-state index contributed by atoms with van der Waals surface area (Å²) in [6.07, 6.45) is 2.66. The third-order valence-electron chi connectivity index (χ3n) is 7.64. The maximum Gasteiger partial charge on any atom is 0.0995 e. The highest BCUT2D eigenvalue weighted by Crippen LogP contribution is 2.31. The third-order valence-corrected chi connectivity index (χ3v) is 7.89. The SMILES string of the molecule is CC(C)C(c1ccc(Cl)cc1)N1CCN(Cc2cc(N(C)CCN3CCCC3)ccc2C#N)CC1. The monoisotopic (exact) mass is 493 g/mol. The molecule has 2 aliphatic heterocycles. The van der Waals surface area contributed by atoms with Crippen molar-refractivity contribution in [3.63, 3.8) is 0 Å². The van der Waals surface area contributed by atoms with E-state index < -0.39 is 0 Å². The smallest absolute Gasteiger partial charge is 0.0995 e. The highest BCUT2D eigenvalue weighted by Gasteiger charge is 2.27. The average Bonchev–Trinajstić information content (AvgIpc) is 3.38. The standard InChI is InChI=1S/C29H40ClN5/c1-23(2)29(24-6-9-27(30)10-7-24)35-18-16-34(17-19-35)22-26-20-28(11-8-25(26)21-31)32(3)14-15-33-12-4-5-13-33/h6-11,20,23,29H,4-5,12-19,22H2,1-3H3. The number of anilines is 1. The highest BCUT2D eigenvalue weighted by atomic mass is 35.5. The van der Waals surface area contributed by atoms with Gasteiger partial charge in [-0.25, -0.2) is 0 Å². The Balaban J connectivity index is 1.37. The van der Waals surface area contributed by atoms with Crippen molar-refractivity contribution in [1.29, 1.82) is 5.26 Å². The van der Waals surface area contributed by atoms with E-state index in [-0.39, 0.29) is 0 Å². The first-order chi connectivity index (χ1) is 16.9. The third kappa shape index (κ3) is 6.77. The van der Waals surface area contributed by atoms with Crippen LogP contribution in [0.1, 0.15) is 49.4 Å². The first-order valence-electron chi connectivity index (χ1n) is 13.1. The van der Waals surface area contributed by atoms with Crippen molar-refractivity contribution in [2.24, 2.45) is 5.92 Å². The Bertz CT molecular complexity index is 985. The first-order valence-corrected chi connectivity index (χ1v) is 13.5. The summed E-state index contributed by atoms with van der Waals surface area (Å²) in [6, 6.07) is 17.5. The highest BCUT2D eigenvalue weighted by molar-refractivity contribution is 6.30. The Hall–Kier alpha value is -2.10. The number of halogens is 1. The van der Waals surface area contributed by atoms with E-state index in [0.717, 1.165) is 62.0 Å². The molecule has 6 heteroatoms. The maximum atomic E-state index is 9.74. The molecule has 1 unspecified atom stereocenters. The van der Waals surface area contributed by atoms with Crippen LogP contribution >= 0.6 is 11.6 Å². The number of likely N-dealkylation sites (tertiary alicyclic amines) is 1. The molecule has 0 N–H and O–H groups in total. The van der Waals surface area contributed by atoms with Crippen molar-refractivity contribution >= 4 is 17.3 Å². The largest absolute Gasteiger partial charge is 0.373 e. The molecule has 35 heavy (non-hydrogen) atoms. The summed E-state index contributed by atoms with van der Waals surface area (Å²) in [5, 5.41) is 10.5. The number of hydrogen-bond donors (Lipinski definition) is 0. The van der Waals surface area contributed by atoms with Gasteiger partial charge in [-0.2, -0.15) is 5.26 Å². The van der Waals surface area contributed by atoms with E-state index in [4.69, 9.17) is 11.6 Å². The predicted molar refractivity (Wildman–Crippen MR) is 146 cm³/mol. The summed E-state index contributed by atoms with van der Waals surface area (Å²) in [4.78, 5) is 9.99. The van der Waals surface area contributed by atoms with Gasteiger partial charge in [0.1, 0.15) is 0 Å². The van der Waals surface area contributed by atoms with E-state index >= 15 is 0 Å². The van der Waals surface area contributed by atoms with Gasteiger partial charge in [0.25, 0.3) is 0 Å². The fourth-order valence-electron chi connectivity index (χ4n) is 5.60. The fraction of sp³-hybridized carbons (Fsp3) is 0.552. The molecule has 0 aromatic heterocycles. The predicted octanol–water partition coefficient (Wildman–Crippen LogP) is 5.26. The lowest BCUT2D eigenvalue weighted by Crippen LogP contribution is -2.48. The molecule has 0 aliphatic carbocycles. The lowest BCUT2D eigenvalue weighted by molar-refractivity contribution is 0.0723. The molecule has 0 amide bonds. The van der Waals surface area contributed by atoms with Gasteiger partial charge in [-0.1, -0.05) is 37.6 Å². The zero-order valence-corrected chi connectivity index (χ0v) is 22.3. The Labute approximate surface area is 216 Å². The number of piperazine rings is 1. The summed E-state index contributed by atoms with van der Waals surface area (Å²) in [5.74, 6) is 0.528. The minimum atomic E-state index is 0.400. The summed E-state index contributed by atoms with van der Waals surface area (Å²) in [7, 11) is 2.17. The van der Waals surface area contributed by atoms with Crippen molar-refractivity contribution in [1.82, 2.24) is 14.7 Å². The molecule has 0 saturated carbocycles. The maximum absolute atomic E-state index is 9.74. The average molecular weight is 494 g/mol. The van der Waals surface area contributed by atoms with Gasteiger partial charge in [0.15, 0.2) is 0 Å². The van der Waals surface area contributed by atoms with E-state index in [1.165, 1.54) is 37.2 Å². The van der Waals surface area contributed by atoms with Crippen molar-refractivity contribution in [2.75, 3.05) is 64.3 Å². The number of likely N-dealkylation sites (N-methyl/N-ethyl adjacent to an activating group) is 1. The number of nitriles is 1. The summed E-state index contributed by atoms with van der Waals surface area (Å²) < 4.78 is 0. The molecule has 2 aromatic carbocycles. The summed E-state index contributed by atoms with van der Waals surface area (Å²) >= 11 is 6.13. The summed E-state index contributed by atoms with van der Waals surface area (Å²) in [5.41, 5.74) is 4.49. The van der Waals surface area contributed by atoms with E-state index in [2.05, 4.69) is 70.8 Å². The Kier molecular flexibility index (Phi) is 9.08. The van der Waals surface area contributed by atoms with Gasteiger partial charge in [0, 0.05) is 69.6 Å². The Morgan fingerprint density at radius 1 is 0.943 bits per heavy atom. The molecule has 4 rings (SSSR count). The van der Waals surface area contributed by atoms with Crippen LogP contribution in [0.4, 0.5) is 5.69 Å². The zero-order valence-electron chi connectivity index (χ0n) is 21.6. The molecule has 0 bridgehead atoms. The normalized spacial score (nSPS) is 18.6. The number of hydrogen-bond acceptors (Lipinski definition) is 5. The minimum absolute atomic E-state index is 0.400. The van der Waals surface area contributed by atoms with Gasteiger partial charge < -0.3 is 9.80 Å². The van der Waals surface area contributed by atoms with Crippen LogP contribution in [-0.4, -0.2) is 74.1 Å². The van der Waals surface area contributed by atoms with Crippen LogP contribution in [-0.2, 0) is 6.54 Å². The Morgan fingerprint density at radius 2 is 1.63 bits per heavy atom. The van der Waals surface area contributed by atoms with Crippen molar-refractivity contribution in [2.45, 2.75) is 39.3 Å². The molecule has 2 saturated heterocycles. The molecule has 5 nitrogen and oxygen atoms in total. The van der Waals surface area contributed by atoms with Gasteiger partial charge >= 0.3 is 0 Å².